The Hall–Kier alpha value is -1.06. The summed E-state index contributed by atoms with van der Waals surface area (Å²) in [5, 5.41) is 12.7. The topological polar surface area (TPSA) is 45.2 Å². The zero-order chi connectivity index (χ0) is 9.26. The van der Waals surface area contributed by atoms with Gasteiger partial charge in [-0.15, -0.1) is 0 Å². The molecule has 0 spiro atoms. The molecule has 0 aromatic carbocycles. The van der Waals surface area contributed by atoms with E-state index < -0.39 is 0 Å². The summed E-state index contributed by atoms with van der Waals surface area (Å²) < 4.78 is 0. The van der Waals surface area contributed by atoms with Crippen molar-refractivity contribution in [1.82, 2.24) is 4.98 Å². The Bertz CT molecular complexity index is 362. The van der Waals surface area contributed by atoms with Crippen LogP contribution in [0, 0.1) is 0 Å². The minimum Gasteiger partial charge on any atom is -0.392 e. The van der Waals surface area contributed by atoms with Crippen LogP contribution < -0.4 is 5.32 Å². The van der Waals surface area contributed by atoms with Gasteiger partial charge < -0.3 is 10.4 Å². The van der Waals surface area contributed by atoms with Gasteiger partial charge in [0.05, 0.1) is 17.3 Å². The van der Waals surface area contributed by atoms with Crippen molar-refractivity contribution in [3.05, 3.63) is 29.6 Å². The van der Waals surface area contributed by atoms with E-state index in [1.807, 2.05) is 12.1 Å². The first-order valence-corrected chi connectivity index (χ1v) is 4.38. The van der Waals surface area contributed by atoms with Crippen molar-refractivity contribution >= 4 is 22.3 Å². The highest BCUT2D eigenvalue weighted by Gasteiger charge is 2.16. The Morgan fingerprint density at radius 1 is 1.62 bits per heavy atom. The lowest BCUT2D eigenvalue weighted by Crippen LogP contribution is -2.15. The molecular formula is C9H9ClN2O. The molecule has 0 aliphatic carbocycles. The third kappa shape index (κ3) is 1.41. The van der Waals surface area contributed by atoms with Crippen molar-refractivity contribution in [2.45, 2.75) is 0 Å². The SMILES string of the molecule is OCC1=C(Cl)c2ncccc2NC1. The number of nitrogens with zero attached hydrogens (tertiary/aromatic N) is 1. The average Bonchev–Trinajstić information content (AvgIpc) is 2.19. The number of fused-ring (bicyclic) bond motifs is 1. The Morgan fingerprint density at radius 3 is 3.23 bits per heavy atom. The maximum absolute atomic E-state index is 8.98. The summed E-state index contributed by atoms with van der Waals surface area (Å²) in [7, 11) is 0. The number of hydrogen-bond donors (Lipinski definition) is 2. The zero-order valence-electron chi connectivity index (χ0n) is 6.92. The molecule has 2 rings (SSSR count). The molecule has 2 heterocycles. The van der Waals surface area contributed by atoms with Crippen LogP contribution in [-0.4, -0.2) is 23.2 Å². The fourth-order valence-electron chi connectivity index (χ4n) is 1.30. The Balaban J connectivity index is 2.52. The predicted octanol–water partition coefficient (Wildman–Crippen LogP) is 1.45. The van der Waals surface area contributed by atoms with Crippen LogP contribution in [0.3, 0.4) is 0 Å². The quantitative estimate of drug-likeness (QED) is 0.715. The first-order valence-electron chi connectivity index (χ1n) is 4.00. The van der Waals surface area contributed by atoms with Crippen LogP contribution in [0.25, 0.3) is 5.03 Å². The summed E-state index contributed by atoms with van der Waals surface area (Å²) in [6.07, 6.45) is 1.68. The van der Waals surface area contributed by atoms with Crippen LogP contribution >= 0.6 is 11.6 Å². The van der Waals surface area contributed by atoms with Gasteiger partial charge in [-0.2, -0.15) is 0 Å². The highest BCUT2D eigenvalue weighted by Crippen LogP contribution is 2.31. The van der Waals surface area contributed by atoms with Gasteiger partial charge >= 0.3 is 0 Å². The van der Waals surface area contributed by atoms with Crippen molar-refractivity contribution in [3.8, 4) is 0 Å². The molecule has 0 saturated heterocycles. The van der Waals surface area contributed by atoms with Gasteiger partial charge in [-0.05, 0) is 17.7 Å². The molecule has 1 aromatic rings. The fourth-order valence-corrected chi connectivity index (χ4v) is 1.57. The zero-order valence-corrected chi connectivity index (χ0v) is 7.67. The number of aliphatic hydroxyl groups is 1. The van der Waals surface area contributed by atoms with Crippen LogP contribution in [0.1, 0.15) is 5.69 Å². The van der Waals surface area contributed by atoms with Crippen LogP contribution in [-0.2, 0) is 0 Å². The monoisotopic (exact) mass is 196 g/mol. The molecule has 1 aromatic heterocycles. The number of aliphatic hydroxyl groups excluding tert-OH is 1. The largest absolute Gasteiger partial charge is 0.392 e. The highest BCUT2D eigenvalue weighted by atomic mass is 35.5. The van der Waals surface area contributed by atoms with Gasteiger partial charge in [-0.25, -0.2) is 0 Å². The molecule has 0 bridgehead atoms. The number of halogens is 1. The van der Waals surface area contributed by atoms with Crippen LogP contribution in [0.2, 0.25) is 0 Å². The minimum absolute atomic E-state index is 0.0259. The summed E-state index contributed by atoms with van der Waals surface area (Å²) in [6, 6.07) is 3.76. The summed E-state index contributed by atoms with van der Waals surface area (Å²) in [6.45, 7) is 0.565. The standard InChI is InChI=1S/C9H9ClN2O/c10-8-6(5-13)4-12-7-2-1-3-11-9(7)8/h1-3,12-13H,4-5H2. The molecule has 3 nitrogen and oxygen atoms in total. The fraction of sp³-hybridized carbons (Fsp3) is 0.222. The van der Waals surface area contributed by atoms with Gasteiger partial charge in [0.2, 0.25) is 0 Å². The lowest BCUT2D eigenvalue weighted by Gasteiger charge is -2.18. The van der Waals surface area contributed by atoms with Crippen LogP contribution in [0.4, 0.5) is 5.69 Å². The van der Waals surface area contributed by atoms with Crippen molar-refractivity contribution in [1.29, 1.82) is 0 Å². The van der Waals surface area contributed by atoms with Crippen molar-refractivity contribution < 1.29 is 5.11 Å². The van der Waals surface area contributed by atoms with E-state index in [-0.39, 0.29) is 6.61 Å². The molecule has 4 heteroatoms. The van der Waals surface area contributed by atoms with Crippen molar-refractivity contribution in [2.75, 3.05) is 18.5 Å². The summed E-state index contributed by atoms with van der Waals surface area (Å²) >= 11 is 6.03. The second-order valence-corrected chi connectivity index (χ2v) is 3.21. The molecular weight excluding hydrogens is 188 g/mol. The molecule has 68 valence electrons. The first kappa shape index (κ1) is 8.53. The molecule has 13 heavy (non-hydrogen) atoms. The number of pyridine rings is 1. The van der Waals surface area contributed by atoms with Gasteiger partial charge in [-0.1, -0.05) is 11.6 Å². The number of hydrogen-bond acceptors (Lipinski definition) is 3. The molecule has 0 radical (unpaired) electrons. The number of aromatic nitrogens is 1. The highest BCUT2D eigenvalue weighted by molar-refractivity contribution is 6.49. The lowest BCUT2D eigenvalue weighted by molar-refractivity contribution is 0.331. The van der Waals surface area contributed by atoms with E-state index in [1.54, 1.807) is 6.20 Å². The van der Waals surface area contributed by atoms with E-state index in [0.717, 1.165) is 17.0 Å². The third-order valence-corrected chi connectivity index (χ3v) is 2.46. The first-order chi connectivity index (χ1) is 6.33. The average molecular weight is 197 g/mol. The van der Waals surface area contributed by atoms with Gasteiger partial charge in [-0.3, -0.25) is 4.98 Å². The second kappa shape index (κ2) is 3.36. The molecule has 1 aliphatic heterocycles. The third-order valence-electron chi connectivity index (χ3n) is 2.01. The summed E-state index contributed by atoms with van der Waals surface area (Å²) in [5.41, 5.74) is 2.43. The van der Waals surface area contributed by atoms with E-state index in [2.05, 4.69) is 10.3 Å². The van der Waals surface area contributed by atoms with Gasteiger partial charge in [0.1, 0.15) is 5.69 Å². The van der Waals surface area contributed by atoms with Crippen molar-refractivity contribution in [3.63, 3.8) is 0 Å². The molecule has 1 aliphatic rings. The van der Waals surface area contributed by atoms with E-state index in [0.29, 0.717) is 11.6 Å². The number of nitrogens with one attached hydrogen (secondary N) is 1. The summed E-state index contributed by atoms with van der Waals surface area (Å²) in [5.74, 6) is 0. The molecule has 0 saturated carbocycles. The van der Waals surface area contributed by atoms with E-state index in [4.69, 9.17) is 16.7 Å². The molecule has 0 atom stereocenters. The van der Waals surface area contributed by atoms with Gasteiger partial charge in [0.25, 0.3) is 0 Å². The van der Waals surface area contributed by atoms with Crippen molar-refractivity contribution in [2.24, 2.45) is 0 Å². The molecule has 0 fully saturated rings. The maximum atomic E-state index is 8.98. The van der Waals surface area contributed by atoms with Crippen LogP contribution in [0.5, 0.6) is 0 Å². The Morgan fingerprint density at radius 2 is 2.46 bits per heavy atom. The lowest BCUT2D eigenvalue weighted by atomic mass is 10.1. The Kier molecular flexibility index (Phi) is 2.20. The summed E-state index contributed by atoms with van der Waals surface area (Å²) in [4.78, 5) is 4.14. The van der Waals surface area contributed by atoms with Crippen LogP contribution in [0.15, 0.2) is 23.9 Å². The van der Waals surface area contributed by atoms with E-state index in [1.165, 1.54) is 0 Å². The number of anilines is 1. The maximum Gasteiger partial charge on any atom is 0.105 e. The number of rotatable bonds is 1. The van der Waals surface area contributed by atoms with Gasteiger partial charge in [0.15, 0.2) is 0 Å². The molecule has 0 unspecified atom stereocenters. The molecule has 2 N–H and O–H groups in total. The smallest absolute Gasteiger partial charge is 0.105 e. The normalized spacial score (nSPS) is 15.2. The second-order valence-electron chi connectivity index (χ2n) is 2.83. The van der Waals surface area contributed by atoms with E-state index in [9.17, 15) is 0 Å². The predicted molar refractivity (Wildman–Crippen MR) is 52.6 cm³/mol. The minimum atomic E-state index is -0.0259. The molecule has 0 amide bonds. The van der Waals surface area contributed by atoms with E-state index >= 15 is 0 Å². The Labute approximate surface area is 81.1 Å². The van der Waals surface area contributed by atoms with Gasteiger partial charge in [0, 0.05) is 12.7 Å².